The lowest BCUT2D eigenvalue weighted by Crippen LogP contribution is -2.04. The molecule has 2 aliphatic carbocycles. The second-order valence-corrected chi connectivity index (χ2v) is 4.17. The van der Waals surface area contributed by atoms with Gasteiger partial charge in [0.1, 0.15) is 0 Å². The summed E-state index contributed by atoms with van der Waals surface area (Å²) in [7, 11) is 0. The van der Waals surface area contributed by atoms with E-state index in [9.17, 15) is 0 Å². The van der Waals surface area contributed by atoms with Crippen LogP contribution in [0.1, 0.15) is 24.3 Å². The molecule has 1 unspecified atom stereocenters. The van der Waals surface area contributed by atoms with Gasteiger partial charge in [0.15, 0.2) is 0 Å². The summed E-state index contributed by atoms with van der Waals surface area (Å²) in [6, 6.07) is 4.33. The second-order valence-electron chi connectivity index (χ2n) is 4.17. The topological polar surface area (TPSA) is 12.9 Å². The van der Waals surface area contributed by atoms with Crippen LogP contribution in [-0.2, 0) is 0 Å². The molecule has 2 aliphatic rings. The van der Waals surface area contributed by atoms with Gasteiger partial charge < -0.3 is 0 Å². The predicted molar refractivity (Wildman–Crippen MR) is 52.3 cm³/mol. The molecule has 1 nitrogen and oxygen atoms in total. The van der Waals surface area contributed by atoms with Crippen molar-refractivity contribution >= 4 is 0 Å². The first-order chi connectivity index (χ1) is 6.43. The normalized spacial score (nSPS) is 35.5. The molecular weight excluding hydrogens is 158 g/mol. The molecule has 1 heteroatoms. The van der Waals surface area contributed by atoms with Crippen LogP contribution in [0.3, 0.4) is 0 Å². The summed E-state index contributed by atoms with van der Waals surface area (Å²) in [6.45, 7) is 0. The lowest BCUT2D eigenvalue weighted by Gasteiger charge is -2.17. The highest BCUT2D eigenvalue weighted by atomic mass is 14.6. The van der Waals surface area contributed by atoms with E-state index in [1.54, 1.807) is 0 Å². The highest BCUT2D eigenvalue weighted by molar-refractivity contribution is 5.25. The summed E-state index contributed by atoms with van der Waals surface area (Å²) in [5.74, 6) is 2.45. The summed E-state index contributed by atoms with van der Waals surface area (Å²) < 4.78 is 0. The van der Waals surface area contributed by atoms with Crippen LogP contribution >= 0.6 is 0 Å². The van der Waals surface area contributed by atoms with Gasteiger partial charge in [-0.2, -0.15) is 0 Å². The van der Waals surface area contributed by atoms with E-state index in [4.69, 9.17) is 0 Å². The lowest BCUT2D eigenvalue weighted by atomic mass is 9.87. The SMILES string of the molecule is C1=C[C@H]2C[C@@H]1CC2c1ccncc1. The van der Waals surface area contributed by atoms with E-state index in [0.29, 0.717) is 0 Å². The molecule has 1 saturated carbocycles. The van der Waals surface area contributed by atoms with Crippen molar-refractivity contribution in [2.45, 2.75) is 18.8 Å². The third-order valence-corrected chi connectivity index (χ3v) is 3.41. The summed E-state index contributed by atoms with van der Waals surface area (Å²) >= 11 is 0. The Hall–Kier alpha value is -1.11. The quantitative estimate of drug-likeness (QED) is 0.592. The van der Waals surface area contributed by atoms with Gasteiger partial charge in [0.05, 0.1) is 0 Å². The maximum Gasteiger partial charge on any atom is 0.0270 e. The molecule has 0 radical (unpaired) electrons. The number of hydrogen-bond acceptors (Lipinski definition) is 1. The van der Waals surface area contributed by atoms with Gasteiger partial charge >= 0.3 is 0 Å². The first kappa shape index (κ1) is 7.31. The number of allylic oxidation sites excluding steroid dienone is 2. The van der Waals surface area contributed by atoms with Gasteiger partial charge in [-0.25, -0.2) is 0 Å². The van der Waals surface area contributed by atoms with E-state index in [1.807, 2.05) is 12.4 Å². The van der Waals surface area contributed by atoms with Crippen molar-refractivity contribution in [1.29, 1.82) is 0 Å². The molecule has 0 aliphatic heterocycles. The minimum absolute atomic E-state index is 0.776. The van der Waals surface area contributed by atoms with E-state index in [2.05, 4.69) is 29.3 Å². The molecule has 0 N–H and O–H groups in total. The van der Waals surface area contributed by atoms with Crippen molar-refractivity contribution in [3.63, 3.8) is 0 Å². The van der Waals surface area contributed by atoms with Gasteiger partial charge in [-0.1, -0.05) is 12.2 Å². The van der Waals surface area contributed by atoms with Crippen molar-refractivity contribution in [2.75, 3.05) is 0 Å². The Balaban J connectivity index is 1.92. The van der Waals surface area contributed by atoms with Gasteiger partial charge in [0, 0.05) is 12.4 Å². The minimum Gasteiger partial charge on any atom is -0.265 e. The number of pyridine rings is 1. The fraction of sp³-hybridized carbons (Fsp3) is 0.417. The zero-order chi connectivity index (χ0) is 8.67. The molecule has 0 saturated heterocycles. The Kier molecular flexibility index (Phi) is 1.51. The third-order valence-electron chi connectivity index (χ3n) is 3.41. The van der Waals surface area contributed by atoms with E-state index < -0.39 is 0 Å². The van der Waals surface area contributed by atoms with Crippen LogP contribution in [0, 0.1) is 11.8 Å². The standard InChI is InChI=1S/C12H13N/c1-2-11-7-9(1)8-12(11)10-3-5-13-6-4-10/h1-6,9,11-12H,7-8H2/t9-,11+,12?/m1/s1. The molecule has 0 amide bonds. The molecule has 1 heterocycles. The maximum atomic E-state index is 4.06. The number of aromatic nitrogens is 1. The number of fused-ring (bicyclic) bond motifs is 2. The van der Waals surface area contributed by atoms with Gasteiger partial charge in [-0.15, -0.1) is 0 Å². The summed E-state index contributed by atoms with van der Waals surface area (Å²) in [5, 5.41) is 0. The Morgan fingerprint density at radius 1 is 1.08 bits per heavy atom. The maximum absolute atomic E-state index is 4.06. The minimum atomic E-state index is 0.776. The Morgan fingerprint density at radius 3 is 2.54 bits per heavy atom. The van der Waals surface area contributed by atoms with Gasteiger partial charge in [-0.3, -0.25) is 4.98 Å². The Bertz CT molecular complexity index is 328. The third kappa shape index (κ3) is 1.11. The van der Waals surface area contributed by atoms with Crippen LogP contribution in [-0.4, -0.2) is 4.98 Å². The number of rotatable bonds is 1. The van der Waals surface area contributed by atoms with E-state index >= 15 is 0 Å². The molecule has 1 aromatic heterocycles. The fourth-order valence-corrected chi connectivity index (χ4v) is 2.77. The van der Waals surface area contributed by atoms with Crippen molar-refractivity contribution in [3.8, 4) is 0 Å². The van der Waals surface area contributed by atoms with Crippen molar-refractivity contribution in [1.82, 2.24) is 4.98 Å². The zero-order valence-corrected chi connectivity index (χ0v) is 7.56. The highest BCUT2D eigenvalue weighted by Gasteiger charge is 2.36. The summed E-state index contributed by atoms with van der Waals surface area (Å²) in [6.07, 6.45) is 11.3. The van der Waals surface area contributed by atoms with Crippen LogP contribution in [0.15, 0.2) is 36.7 Å². The fourth-order valence-electron chi connectivity index (χ4n) is 2.77. The van der Waals surface area contributed by atoms with Crippen molar-refractivity contribution < 1.29 is 0 Å². The first-order valence-corrected chi connectivity index (χ1v) is 5.02. The highest BCUT2D eigenvalue weighted by Crippen LogP contribution is 2.48. The molecule has 0 spiro atoms. The predicted octanol–water partition coefficient (Wildman–Crippen LogP) is 2.76. The molecule has 2 bridgehead atoms. The largest absolute Gasteiger partial charge is 0.265 e. The number of hydrogen-bond donors (Lipinski definition) is 0. The van der Waals surface area contributed by atoms with E-state index in [-0.39, 0.29) is 0 Å². The molecule has 0 aromatic carbocycles. The van der Waals surface area contributed by atoms with Crippen molar-refractivity contribution in [2.24, 2.45) is 11.8 Å². The molecule has 3 atom stereocenters. The number of nitrogens with zero attached hydrogens (tertiary/aromatic N) is 1. The molecule has 3 rings (SSSR count). The molecule has 1 fully saturated rings. The average Bonchev–Trinajstić information content (AvgIpc) is 2.80. The summed E-state index contributed by atoms with van der Waals surface area (Å²) in [4.78, 5) is 4.06. The first-order valence-electron chi connectivity index (χ1n) is 5.02. The molecular formula is C12H13N. The van der Waals surface area contributed by atoms with Crippen LogP contribution in [0.25, 0.3) is 0 Å². The van der Waals surface area contributed by atoms with Crippen LogP contribution in [0.5, 0.6) is 0 Å². The molecule has 66 valence electrons. The van der Waals surface area contributed by atoms with Crippen LogP contribution < -0.4 is 0 Å². The van der Waals surface area contributed by atoms with Crippen LogP contribution in [0.2, 0.25) is 0 Å². The second kappa shape index (κ2) is 2.69. The smallest absolute Gasteiger partial charge is 0.0270 e. The Labute approximate surface area is 78.5 Å². The Morgan fingerprint density at radius 2 is 1.92 bits per heavy atom. The van der Waals surface area contributed by atoms with Gasteiger partial charge in [0.25, 0.3) is 0 Å². The summed E-state index contributed by atoms with van der Waals surface area (Å²) in [5.41, 5.74) is 1.48. The molecule has 13 heavy (non-hydrogen) atoms. The van der Waals surface area contributed by atoms with Crippen LogP contribution in [0.4, 0.5) is 0 Å². The molecule has 1 aromatic rings. The lowest BCUT2D eigenvalue weighted by molar-refractivity contribution is 0.585. The van der Waals surface area contributed by atoms with Gasteiger partial charge in [-0.05, 0) is 48.3 Å². The average molecular weight is 171 g/mol. The monoisotopic (exact) mass is 171 g/mol. The van der Waals surface area contributed by atoms with Gasteiger partial charge in [0.2, 0.25) is 0 Å². The van der Waals surface area contributed by atoms with E-state index in [0.717, 1.165) is 17.8 Å². The van der Waals surface area contributed by atoms with Crippen molar-refractivity contribution in [3.05, 3.63) is 42.2 Å². The van der Waals surface area contributed by atoms with E-state index in [1.165, 1.54) is 18.4 Å². The zero-order valence-electron chi connectivity index (χ0n) is 7.56.